The monoisotopic (exact) mass is 419 g/mol. The molecule has 31 heavy (non-hydrogen) atoms. The summed E-state index contributed by atoms with van der Waals surface area (Å²) in [6.07, 6.45) is 5.83. The van der Waals surface area contributed by atoms with Crippen molar-refractivity contribution in [3.8, 4) is 5.75 Å². The number of piperidine rings is 1. The third-order valence-corrected chi connectivity index (χ3v) is 8.87. The number of phenolic OH excluding ortho intramolecular Hbond substituents is 1. The molecule has 1 unspecified atom stereocenters. The second kappa shape index (κ2) is 7.06. The van der Waals surface area contributed by atoms with Gasteiger partial charge in [0.2, 0.25) is 0 Å². The lowest BCUT2D eigenvalue weighted by molar-refractivity contribution is -0.197. The Morgan fingerprint density at radius 2 is 1.84 bits per heavy atom. The molecule has 0 aromatic heterocycles. The van der Waals surface area contributed by atoms with Gasteiger partial charge in [0.15, 0.2) is 0 Å². The van der Waals surface area contributed by atoms with Gasteiger partial charge in [-0.1, -0.05) is 36.4 Å². The first-order valence-electron chi connectivity index (χ1n) is 12.0. The maximum absolute atomic E-state index is 12.5. The van der Waals surface area contributed by atoms with Gasteiger partial charge in [-0.05, 0) is 92.1 Å². The van der Waals surface area contributed by atoms with E-state index in [0.29, 0.717) is 12.8 Å². The number of likely N-dealkylation sites (tertiary alicyclic amines) is 1. The Morgan fingerprint density at radius 1 is 1.03 bits per heavy atom. The molecule has 2 saturated carbocycles. The fraction of sp³-hybridized carbons (Fsp3) is 0.556. The van der Waals surface area contributed by atoms with Crippen LogP contribution in [0.1, 0.15) is 48.8 Å². The summed E-state index contributed by atoms with van der Waals surface area (Å²) in [4.78, 5) is 2.56. The lowest BCUT2D eigenvalue weighted by Gasteiger charge is -2.65. The summed E-state index contributed by atoms with van der Waals surface area (Å²) in [6, 6.07) is 16.1. The van der Waals surface area contributed by atoms with Crippen molar-refractivity contribution < 1.29 is 15.3 Å². The van der Waals surface area contributed by atoms with Crippen molar-refractivity contribution in [1.29, 1.82) is 0 Å². The maximum Gasteiger partial charge on any atom is 0.115 e. The summed E-state index contributed by atoms with van der Waals surface area (Å²) < 4.78 is 0. The third kappa shape index (κ3) is 3.06. The summed E-state index contributed by atoms with van der Waals surface area (Å²) in [7, 11) is 0. The zero-order valence-corrected chi connectivity index (χ0v) is 18.1. The largest absolute Gasteiger partial charge is 0.508 e. The van der Waals surface area contributed by atoms with Gasteiger partial charge in [-0.2, -0.15) is 0 Å². The number of rotatable bonds is 4. The molecule has 1 aliphatic heterocycles. The second-order valence-electron chi connectivity index (χ2n) is 10.7. The number of aliphatic hydroxyl groups is 2. The highest BCUT2D eigenvalue weighted by atomic mass is 16.3. The molecule has 4 heteroatoms. The predicted molar refractivity (Wildman–Crippen MR) is 120 cm³/mol. The lowest BCUT2D eigenvalue weighted by Crippen LogP contribution is -2.74. The van der Waals surface area contributed by atoms with Gasteiger partial charge in [-0.25, -0.2) is 0 Å². The quantitative estimate of drug-likeness (QED) is 0.711. The Labute approximate surface area is 184 Å². The molecule has 2 aromatic rings. The van der Waals surface area contributed by atoms with Gasteiger partial charge in [0.1, 0.15) is 5.75 Å². The van der Waals surface area contributed by atoms with Crippen LogP contribution in [0.25, 0.3) is 0 Å². The van der Waals surface area contributed by atoms with Crippen LogP contribution < -0.4 is 0 Å². The highest BCUT2D eigenvalue weighted by Crippen LogP contribution is 2.60. The molecule has 1 heterocycles. The number of aromatic hydroxyl groups is 1. The molecule has 1 saturated heterocycles. The van der Waals surface area contributed by atoms with E-state index in [4.69, 9.17) is 0 Å². The standard InChI is InChI=1S/C27H33NO3/c29-22-9-8-20-13-25-27(31)15-21(12-18-4-2-1-3-5-18)24(30)16-26(27,23(20)14-22)10-11-28(25)17-19-6-7-19/h1-5,8-9,14,19,21,24-25,29-31H,6-7,10-13,15-17H2/t21-,24+,25+,26?,27+/m0/s1. The molecule has 6 rings (SSSR count). The lowest BCUT2D eigenvalue weighted by atomic mass is 9.47. The third-order valence-electron chi connectivity index (χ3n) is 8.87. The minimum absolute atomic E-state index is 0.0442. The van der Waals surface area contributed by atoms with Crippen LogP contribution in [0.4, 0.5) is 0 Å². The number of benzene rings is 2. The molecule has 2 aromatic carbocycles. The van der Waals surface area contributed by atoms with Gasteiger partial charge in [0.25, 0.3) is 0 Å². The normalized spacial score (nSPS) is 37.2. The van der Waals surface area contributed by atoms with Crippen LogP contribution in [0.2, 0.25) is 0 Å². The van der Waals surface area contributed by atoms with Gasteiger partial charge < -0.3 is 15.3 Å². The fourth-order valence-electron chi connectivity index (χ4n) is 7.15. The van der Waals surface area contributed by atoms with E-state index in [9.17, 15) is 15.3 Å². The number of fused-ring (bicyclic) bond motifs is 1. The Bertz CT molecular complexity index is 974. The van der Waals surface area contributed by atoms with Crippen molar-refractivity contribution in [2.75, 3.05) is 13.1 Å². The Morgan fingerprint density at radius 3 is 2.61 bits per heavy atom. The molecular weight excluding hydrogens is 386 g/mol. The van der Waals surface area contributed by atoms with Crippen LogP contribution >= 0.6 is 0 Å². The molecule has 4 aliphatic rings. The van der Waals surface area contributed by atoms with E-state index in [-0.39, 0.29) is 17.7 Å². The van der Waals surface area contributed by atoms with Crippen molar-refractivity contribution >= 4 is 0 Å². The number of phenols is 1. The molecule has 164 valence electrons. The molecule has 0 amide bonds. The first kappa shape index (κ1) is 19.8. The smallest absolute Gasteiger partial charge is 0.115 e. The van der Waals surface area contributed by atoms with Gasteiger partial charge in [0.05, 0.1) is 11.7 Å². The summed E-state index contributed by atoms with van der Waals surface area (Å²) in [5.74, 6) is 1.09. The topological polar surface area (TPSA) is 63.9 Å². The molecule has 4 nitrogen and oxygen atoms in total. The van der Waals surface area contributed by atoms with Crippen LogP contribution in [-0.2, 0) is 18.3 Å². The van der Waals surface area contributed by atoms with Crippen molar-refractivity contribution in [2.45, 2.75) is 68.1 Å². The van der Waals surface area contributed by atoms with Gasteiger partial charge in [-0.3, -0.25) is 4.90 Å². The van der Waals surface area contributed by atoms with Crippen LogP contribution in [0.5, 0.6) is 5.75 Å². The van der Waals surface area contributed by atoms with Gasteiger partial charge in [0, 0.05) is 18.0 Å². The van der Waals surface area contributed by atoms with Gasteiger partial charge >= 0.3 is 0 Å². The van der Waals surface area contributed by atoms with E-state index >= 15 is 0 Å². The van der Waals surface area contributed by atoms with E-state index in [0.717, 1.165) is 43.8 Å². The van der Waals surface area contributed by atoms with Crippen molar-refractivity contribution in [1.82, 2.24) is 4.90 Å². The Hall–Kier alpha value is -1.88. The Balaban J connectivity index is 1.41. The van der Waals surface area contributed by atoms with E-state index in [2.05, 4.69) is 17.0 Å². The van der Waals surface area contributed by atoms with Crippen LogP contribution in [0.15, 0.2) is 48.5 Å². The minimum Gasteiger partial charge on any atom is -0.508 e. The van der Waals surface area contributed by atoms with Gasteiger partial charge in [-0.15, -0.1) is 0 Å². The highest BCUT2D eigenvalue weighted by Gasteiger charge is 2.66. The van der Waals surface area contributed by atoms with Crippen LogP contribution in [-0.4, -0.2) is 51.1 Å². The average molecular weight is 420 g/mol. The molecule has 0 spiro atoms. The number of nitrogens with zero attached hydrogens (tertiary/aromatic N) is 1. The SMILES string of the molecule is Oc1ccc2c(c1)C13CCN(CC4CC4)[C@H](C2)[C@]1(O)C[C@H](Cc1ccccc1)[C@H](O)C3. The van der Waals surface area contributed by atoms with Crippen LogP contribution in [0.3, 0.4) is 0 Å². The summed E-state index contributed by atoms with van der Waals surface area (Å²) >= 11 is 0. The molecule has 5 atom stereocenters. The summed E-state index contributed by atoms with van der Waals surface area (Å²) in [5, 5.41) is 34.1. The molecular formula is C27H33NO3. The predicted octanol–water partition coefficient (Wildman–Crippen LogP) is 3.42. The Kier molecular flexibility index (Phi) is 4.51. The second-order valence-corrected chi connectivity index (χ2v) is 10.7. The van der Waals surface area contributed by atoms with Crippen molar-refractivity contribution in [3.05, 3.63) is 65.2 Å². The van der Waals surface area contributed by atoms with Crippen LogP contribution in [0, 0.1) is 11.8 Å². The number of hydrogen-bond donors (Lipinski definition) is 3. The number of aliphatic hydroxyl groups excluding tert-OH is 1. The van der Waals surface area contributed by atoms with Crippen molar-refractivity contribution in [3.63, 3.8) is 0 Å². The van der Waals surface area contributed by atoms with E-state index in [1.165, 1.54) is 24.0 Å². The highest BCUT2D eigenvalue weighted by molar-refractivity contribution is 5.48. The molecule has 0 radical (unpaired) electrons. The zero-order valence-electron chi connectivity index (χ0n) is 18.1. The molecule has 3 fully saturated rings. The van der Waals surface area contributed by atoms with E-state index in [1.807, 2.05) is 30.3 Å². The molecule has 2 bridgehead atoms. The van der Waals surface area contributed by atoms with Crippen molar-refractivity contribution in [2.24, 2.45) is 11.8 Å². The summed E-state index contributed by atoms with van der Waals surface area (Å²) in [5.41, 5.74) is 2.19. The summed E-state index contributed by atoms with van der Waals surface area (Å²) in [6.45, 7) is 2.05. The maximum atomic E-state index is 12.5. The fourth-order valence-corrected chi connectivity index (χ4v) is 7.15. The average Bonchev–Trinajstić information content (AvgIpc) is 3.57. The zero-order chi connectivity index (χ0) is 21.2. The molecule has 3 N–H and O–H groups in total. The molecule has 3 aliphatic carbocycles. The van der Waals surface area contributed by atoms with E-state index in [1.54, 1.807) is 6.07 Å². The number of hydrogen-bond acceptors (Lipinski definition) is 4. The first-order chi connectivity index (χ1) is 15.0. The minimum atomic E-state index is -0.875. The van der Waals surface area contributed by atoms with E-state index < -0.39 is 17.1 Å². The first-order valence-corrected chi connectivity index (χ1v) is 12.0.